The number of halogens is 2. The van der Waals surface area contributed by atoms with Crippen molar-refractivity contribution in [2.24, 2.45) is 0 Å². The number of anilines is 2. The van der Waals surface area contributed by atoms with Crippen LogP contribution in [0.4, 0.5) is 11.4 Å². The lowest BCUT2D eigenvalue weighted by atomic mass is 10.1. The lowest BCUT2D eigenvalue weighted by molar-refractivity contribution is 0.403. The fourth-order valence-corrected chi connectivity index (χ4v) is 2.21. The number of benzene rings is 2. The van der Waals surface area contributed by atoms with Crippen molar-refractivity contribution < 1.29 is 0 Å². The second-order valence-corrected chi connectivity index (χ2v) is 5.41. The molecule has 2 nitrogen and oxygen atoms in total. The highest BCUT2D eigenvalue weighted by atomic mass is 35.5. The highest BCUT2D eigenvalue weighted by molar-refractivity contribution is 6.43. The molecule has 4 heteroatoms. The van der Waals surface area contributed by atoms with E-state index in [2.05, 4.69) is 16.3 Å². The van der Waals surface area contributed by atoms with Gasteiger partial charge in [-0.15, -0.1) is 0 Å². The molecule has 2 rings (SSSR count). The molecule has 0 unspecified atom stereocenters. The predicted molar refractivity (Wildman–Crippen MR) is 83.6 cm³/mol. The molecule has 0 heterocycles. The predicted octanol–water partition coefficient (Wildman–Crippen LogP) is 4.80. The number of hydrogen-bond donors (Lipinski definition) is 1. The van der Waals surface area contributed by atoms with Crippen LogP contribution in [0.3, 0.4) is 0 Å². The molecule has 0 spiro atoms. The van der Waals surface area contributed by atoms with Gasteiger partial charge in [0.2, 0.25) is 0 Å². The summed E-state index contributed by atoms with van der Waals surface area (Å²) in [5.41, 5.74) is 3.07. The molecular formula is C15H16Cl2N2. The van der Waals surface area contributed by atoms with Gasteiger partial charge >= 0.3 is 0 Å². The zero-order chi connectivity index (χ0) is 13.8. The molecular weight excluding hydrogens is 279 g/mol. The molecule has 0 fully saturated rings. The first-order valence-electron chi connectivity index (χ1n) is 6.01. The molecule has 0 saturated carbocycles. The normalized spacial score (nSPS) is 10.8. The lowest BCUT2D eigenvalue weighted by Gasteiger charge is -2.16. The van der Waals surface area contributed by atoms with Crippen molar-refractivity contribution in [1.82, 2.24) is 4.90 Å². The Hall–Kier alpha value is -1.22. The van der Waals surface area contributed by atoms with Crippen molar-refractivity contribution in [2.75, 3.05) is 19.4 Å². The van der Waals surface area contributed by atoms with Gasteiger partial charge in [0.1, 0.15) is 0 Å². The highest BCUT2D eigenvalue weighted by Gasteiger charge is 2.07. The minimum atomic E-state index is 0.545. The Morgan fingerprint density at radius 2 is 1.63 bits per heavy atom. The van der Waals surface area contributed by atoms with E-state index in [1.54, 1.807) is 6.07 Å². The summed E-state index contributed by atoms with van der Waals surface area (Å²) in [6, 6.07) is 13.7. The van der Waals surface area contributed by atoms with Crippen molar-refractivity contribution in [2.45, 2.75) is 6.54 Å². The van der Waals surface area contributed by atoms with Crippen LogP contribution in [0.5, 0.6) is 0 Å². The molecule has 0 aliphatic rings. The Morgan fingerprint density at radius 3 is 2.37 bits per heavy atom. The van der Waals surface area contributed by atoms with Crippen LogP contribution in [-0.4, -0.2) is 19.0 Å². The number of rotatable bonds is 4. The van der Waals surface area contributed by atoms with Gasteiger partial charge in [0, 0.05) is 12.2 Å². The molecule has 0 atom stereocenters. The van der Waals surface area contributed by atoms with Gasteiger partial charge in [0.05, 0.1) is 15.7 Å². The molecule has 0 radical (unpaired) electrons. The summed E-state index contributed by atoms with van der Waals surface area (Å²) in [7, 11) is 4.09. The van der Waals surface area contributed by atoms with Crippen LogP contribution >= 0.6 is 23.2 Å². The fourth-order valence-electron chi connectivity index (χ4n) is 1.87. The fraction of sp³-hybridized carbons (Fsp3) is 0.200. The summed E-state index contributed by atoms with van der Waals surface area (Å²) in [6.45, 7) is 0.862. The van der Waals surface area contributed by atoms with Crippen molar-refractivity contribution in [1.29, 1.82) is 0 Å². The summed E-state index contributed by atoms with van der Waals surface area (Å²) < 4.78 is 0. The quantitative estimate of drug-likeness (QED) is 0.871. The van der Waals surface area contributed by atoms with E-state index in [-0.39, 0.29) is 0 Å². The van der Waals surface area contributed by atoms with E-state index in [0.29, 0.717) is 10.0 Å². The summed E-state index contributed by atoms with van der Waals surface area (Å²) >= 11 is 12.2. The Labute approximate surface area is 123 Å². The molecule has 0 aromatic heterocycles. The van der Waals surface area contributed by atoms with E-state index in [1.165, 1.54) is 5.56 Å². The smallest absolute Gasteiger partial charge is 0.0827 e. The molecule has 0 amide bonds. The van der Waals surface area contributed by atoms with Crippen LogP contribution in [0.15, 0.2) is 42.5 Å². The van der Waals surface area contributed by atoms with E-state index >= 15 is 0 Å². The van der Waals surface area contributed by atoms with Gasteiger partial charge in [-0.3, -0.25) is 0 Å². The minimum Gasteiger partial charge on any atom is -0.354 e. The first-order chi connectivity index (χ1) is 9.08. The molecule has 0 bridgehead atoms. The molecule has 0 saturated heterocycles. The van der Waals surface area contributed by atoms with Crippen LogP contribution in [-0.2, 0) is 6.54 Å². The average Bonchev–Trinajstić information content (AvgIpc) is 2.36. The third-order valence-corrected chi connectivity index (χ3v) is 3.54. The standard InChI is InChI=1S/C15H16Cl2N2/c1-19(2)10-11-6-3-4-8-13(11)18-14-9-5-7-12(16)15(14)17/h3-9,18H,10H2,1-2H3. The van der Waals surface area contributed by atoms with Gasteiger partial charge in [-0.1, -0.05) is 47.5 Å². The van der Waals surface area contributed by atoms with E-state index in [4.69, 9.17) is 23.2 Å². The van der Waals surface area contributed by atoms with Gasteiger partial charge in [-0.05, 0) is 37.9 Å². The number of hydrogen-bond acceptors (Lipinski definition) is 2. The van der Waals surface area contributed by atoms with Gasteiger partial charge in [0.15, 0.2) is 0 Å². The summed E-state index contributed by atoms with van der Waals surface area (Å²) in [4.78, 5) is 2.13. The first-order valence-corrected chi connectivity index (χ1v) is 6.77. The third kappa shape index (κ3) is 3.63. The zero-order valence-corrected chi connectivity index (χ0v) is 12.5. The Morgan fingerprint density at radius 1 is 0.947 bits per heavy atom. The maximum atomic E-state index is 6.20. The van der Waals surface area contributed by atoms with Gasteiger partial charge < -0.3 is 10.2 Å². The summed E-state index contributed by atoms with van der Waals surface area (Å²) in [5.74, 6) is 0. The number of para-hydroxylation sites is 1. The van der Waals surface area contributed by atoms with Gasteiger partial charge in [0.25, 0.3) is 0 Å². The highest BCUT2D eigenvalue weighted by Crippen LogP contribution is 2.32. The molecule has 19 heavy (non-hydrogen) atoms. The lowest BCUT2D eigenvalue weighted by Crippen LogP contribution is -2.12. The third-order valence-electron chi connectivity index (χ3n) is 2.72. The molecule has 100 valence electrons. The van der Waals surface area contributed by atoms with E-state index in [9.17, 15) is 0 Å². The van der Waals surface area contributed by atoms with Crippen LogP contribution in [0.2, 0.25) is 10.0 Å². The van der Waals surface area contributed by atoms with Gasteiger partial charge in [-0.25, -0.2) is 0 Å². The van der Waals surface area contributed by atoms with Gasteiger partial charge in [-0.2, -0.15) is 0 Å². The van der Waals surface area contributed by atoms with E-state index < -0.39 is 0 Å². The van der Waals surface area contributed by atoms with Crippen molar-refractivity contribution in [3.8, 4) is 0 Å². The topological polar surface area (TPSA) is 15.3 Å². The first kappa shape index (κ1) is 14.2. The van der Waals surface area contributed by atoms with Crippen molar-refractivity contribution >= 4 is 34.6 Å². The maximum absolute atomic E-state index is 6.20. The number of nitrogens with one attached hydrogen (secondary N) is 1. The largest absolute Gasteiger partial charge is 0.354 e. The van der Waals surface area contributed by atoms with Crippen LogP contribution in [0.1, 0.15) is 5.56 Å². The van der Waals surface area contributed by atoms with Crippen LogP contribution < -0.4 is 5.32 Å². The average molecular weight is 295 g/mol. The molecule has 1 N–H and O–H groups in total. The monoisotopic (exact) mass is 294 g/mol. The summed E-state index contributed by atoms with van der Waals surface area (Å²) in [6.07, 6.45) is 0. The Balaban J connectivity index is 2.30. The molecule has 2 aromatic rings. The maximum Gasteiger partial charge on any atom is 0.0827 e. The number of nitrogens with zero attached hydrogens (tertiary/aromatic N) is 1. The zero-order valence-electron chi connectivity index (χ0n) is 11.0. The SMILES string of the molecule is CN(C)Cc1ccccc1Nc1cccc(Cl)c1Cl. The van der Waals surface area contributed by atoms with E-state index in [0.717, 1.165) is 17.9 Å². The van der Waals surface area contributed by atoms with Crippen LogP contribution in [0.25, 0.3) is 0 Å². The van der Waals surface area contributed by atoms with Crippen molar-refractivity contribution in [3.05, 3.63) is 58.1 Å². The summed E-state index contributed by atoms with van der Waals surface area (Å²) in [5, 5.41) is 4.44. The molecule has 0 aliphatic carbocycles. The Bertz CT molecular complexity index is 568. The molecule has 0 aliphatic heterocycles. The molecule has 2 aromatic carbocycles. The van der Waals surface area contributed by atoms with Crippen molar-refractivity contribution in [3.63, 3.8) is 0 Å². The Kier molecular flexibility index (Phi) is 4.70. The second-order valence-electron chi connectivity index (χ2n) is 4.62. The van der Waals surface area contributed by atoms with E-state index in [1.807, 2.05) is 44.4 Å². The van der Waals surface area contributed by atoms with Crippen LogP contribution in [0, 0.1) is 0 Å². The second kappa shape index (κ2) is 6.29. The minimum absolute atomic E-state index is 0.545.